The number of aryl methyl sites for hydroxylation is 1. The summed E-state index contributed by atoms with van der Waals surface area (Å²) < 4.78 is 25.2. The van der Waals surface area contributed by atoms with E-state index in [0.29, 0.717) is 48.1 Å². The van der Waals surface area contributed by atoms with Crippen molar-refractivity contribution in [3.63, 3.8) is 0 Å². The first kappa shape index (κ1) is 22.5. The van der Waals surface area contributed by atoms with E-state index in [1.165, 1.54) is 10.6 Å². The maximum Gasteiger partial charge on any atom is 0.257 e. The number of piperidine rings is 1. The topological polar surface area (TPSA) is 70.6 Å². The van der Waals surface area contributed by atoms with Gasteiger partial charge in [-0.05, 0) is 43.9 Å². The van der Waals surface area contributed by atoms with Crippen LogP contribution < -0.4 is 0 Å². The Balaban J connectivity index is 1.73. The lowest BCUT2D eigenvalue weighted by atomic mass is 9.91. The second-order valence-electron chi connectivity index (χ2n) is 8.18. The molecule has 0 N–H and O–H groups in total. The molecule has 3 heterocycles. The third kappa shape index (κ3) is 4.09. The molecular formula is C22H25Cl2N3O3S. The average molecular weight is 482 g/mol. The molecule has 2 aliphatic heterocycles. The molecule has 0 aliphatic carbocycles. The van der Waals surface area contributed by atoms with Crippen LogP contribution in [0.1, 0.15) is 47.1 Å². The highest BCUT2D eigenvalue weighted by Crippen LogP contribution is 2.41. The van der Waals surface area contributed by atoms with Crippen molar-refractivity contribution < 1.29 is 13.2 Å². The third-order valence-electron chi connectivity index (χ3n) is 6.26. The Morgan fingerprint density at radius 1 is 1.16 bits per heavy atom. The maximum atomic E-state index is 13.6. The van der Waals surface area contributed by atoms with E-state index >= 15 is 0 Å². The van der Waals surface area contributed by atoms with Crippen LogP contribution in [0.4, 0.5) is 0 Å². The molecule has 1 amide bonds. The molecule has 1 aromatic heterocycles. The fourth-order valence-corrected chi connectivity index (χ4v) is 6.10. The summed E-state index contributed by atoms with van der Waals surface area (Å²) in [5.74, 6) is -0.0592. The van der Waals surface area contributed by atoms with E-state index in [4.69, 9.17) is 28.2 Å². The van der Waals surface area contributed by atoms with E-state index in [2.05, 4.69) is 0 Å². The third-order valence-corrected chi connectivity index (χ3v) is 8.11. The predicted molar refractivity (Wildman–Crippen MR) is 123 cm³/mol. The monoisotopic (exact) mass is 481 g/mol. The second-order valence-corrected chi connectivity index (χ2v) is 11.0. The molecule has 6 nitrogen and oxygen atoms in total. The Bertz CT molecular complexity index is 1160. The largest absolute Gasteiger partial charge is 0.330 e. The van der Waals surface area contributed by atoms with Crippen molar-refractivity contribution in [3.05, 3.63) is 50.8 Å². The molecule has 1 fully saturated rings. The number of carbonyl (C=O) groups excluding carboxylic acids is 1. The Hall–Kier alpha value is -1.67. The Morgan fingerprint density at radius 2 is 1.84 bits per heavy atom. The maximum absolute atomic E-state index is 13.6. The summed E-state index contributed by atoms with van der Waals surface area (Å²) >= 11 is 12.7. The van der Waals surface area contributed by atoms with Crippen LogP contribution in [0.5, 0.6) is 0 Å². The standard InChI is InChI=1S/C22H25Cl2N3O3S/c1-4-16-13(2)25-19-12-27(15-7-9-26(10-8-15)31(3,29)30)22(28)21(19)20(16)17-6-5-14(23)11-18(17)24/h5-6,11,15H,4,7-10,12H2,1-3H3. The van der Waals surface area contributed by atoms with E-state index in [0.717, 1.165) is 34.5 Å². The van der Waals surface area contributed by atoms with Crippen molar-refractivity contribution in [2.24, 2.45) is 0 Å². The molecule has 0 radical (unpaired) electrons. The first-order valence-corrected chi connectivity index (χ1v) is 13.0. The van der Waals surface area contributed by atoms with Gasteiger partial charge in [0.1, 0.15) is 0 Å². The molecule has 1 saturated heterocycles. The van der Waals surface area contributed by atoms with Crippen LogP contribution in [0.25, 0.3) is 11.1 Å². The highest BCUT2D eigenvalue weighted by molar-refractivity contribution is 7.88. The van der Waals surface area contributed by atoms with Gasteiger partial charge in [0.05, 0.1) is 24.1 Å². The molecule has 4 rings (SSSR count). The summed E-state index contributed by atoms with van der Waals surface area (Å²) in [6, 6.07) is 5.32. The lowest BCUT2D eigenvalue weighted by Crippen LogP contribution is -2.46. The molecule has 0 atom stereocenters. The van der Waals surface area contributed by atoms with Crippen LogP contribution in [-0.2, 0) is 23.0 Å². The van der Waals surface area contributed by atoms with E-state index in [9.17, 15) is 13.2 Å². The smallest absolute Gasteiger partial charge is 0.257 e. The number of carbonyl (C=O) groups is 1. The Labute approximate surface area is 193 Å². The van der Waals surface area contributed by atoms with Gasteiger partial charge in [-0.1, -0.05) is 36.2 Å². The fraction of sp³-hybridized carbons (Fsp3) is 0.455. The number of hydrogen-bond acceptors (Lipinski definition) is 4. The SMILES string of the molecule is CCc1c(C)nc2c(c1-c1ccc(Cl)cc1Cl)C(=O)N(C1CCN(S(C)(=O)=O)CC1)C2. The van der Waals surface area contributed by atoms with Crippen molar-refractivity contribution in [2.45, 2.75) is 45.7 Å². The molecule has 1 aromatic carbocycles. The number of sulfonamides is 1. The number of aromatic nitrogens is 1. The van der Waals surface area contributed by atoms with E-state index in [1.807, 2.05) is 24.8 Å². The van der Waals surface area contributed by atoms with Gasteiger partial charge in [-0.15, -0.1) is 0 Å². The van der Waals surface area contributed by atoms with Crippen molar-refractivity contribution >= 4 is 39.1 Å². The molecule has 0 spiro atoms. The highest BCUT2D eigenvalue weighted by Gasteiger charge is 2.39. The zero-order chi connectivity index (χ0) is 22.5. The lowest BCUT2D eigenvalue weighted by Gasteiger charge is -2.35. The van der Waals surface area contributed by atoms with Gasteiger partial charge < -0.3 is 4.90 Å². The van der Waals surface area contributed by atoms with Crippen LogP contribution in [0, 0.1) is 6.92 Å². The van der Waals surface area contributed by atoms with Crippen molar-refractivity contribution in [2.75, 3.05) is 19.3 Å². The quantitative estimate of drug-likeness (QED) is 0.652. The summed E-state index contributed by atoms with van der Waals surface area (Å²) in [7, 11) is -3.21. The number of nitrogens with zero attached hydrogens (tertiary/aromatic N) is 3. The predicted octanol–water partition coefficient (Wildman–Crippen LogP) is 4.31. The van der Waals surface area contributed by atoms with E-state index in [1.54, 1.807) is 12.1 Å². The zero-order valence-corrected chi connectivity index (χ0v) is 20.1. The molecule has 0 unspecified atom stereocenters. The fourth-order valence-electron chi connectivity index (χ4n) is 4.73. The molecule has 0 bridgehead atoms. The van der Waals surface area contributed by atoms with Crippen molar-refractivity contribution in [1.29, 1.82) is 0 Å². The van der Waals surface area contributed by atoms with Crippen LogP contribution in [0.15, 0.2) is 18.2 Å². The average Bonchev–Trinajstić information content (AvgIpc) is 3.02. The van der Waals surface area contributed by atoms with Crippen LogP contribution in [-0.4, -0.2) is 53.9 Å². The minimum absolute atomic E-state index is 0.0152. The number of halogens is 2. The minimum atomic E-state index is -3.21. The summed E-state index contributed by atoms with van der Waals surface area (Å²) in [4.78, 5) is 20.2. The number of rotatable bonds is 4. The van der Waals surface area contributed by atoms with Crippen LogP contribution in [0.2, 0.25) is 10.0 Å². The molecule has 0 saturated carbocycles. The van der Waals surface area contributed by atoms with Gasteiger partial charge >= 0.3 is 0 Å². The molecule has 31 heavy (non-hydrogen) atoms. The van der Waals surface area contributed by atoms with Crippen LogP contribution in [0.3, 0.4) is 0 Å². The highest BCUT2D eigenvalue weighted by atomic mass is 35.5. The molecule has 2 aliphatic rings. The van der Waals surface area contributed by atoms with E-state index in [-0.39, 0.29) is 11.9 Å². The minimum Gasteiger partial charge on any atom is -0.330 e. The van der Waals surface area contributed by atoms with Crippen molar-refractivity contribution in [1.82, 2.24) is 14.2 Å². The first-order valence-electron chi connectivity index (χ1n) is 10.4. The summed E-state index contributed by atoms with van der Waals surface area (Å²) in [6.45, 7) is 5.28. The van der Waals surface area contributed by atoms with E-state index < -0.39 is 10.0 Å². The number of fused-ring (bicyclic) bond motifs is 1. The number of hydrogen-bond donors (Lipinski definition) is 0. The van der Waals surface area contributed by atoms with Gasteiger partial charge in [-0.3, -0.25) is 9.78 Å². The van der Waals surface area contributed by atoms with Gasteiger partial charge in [0.25, 0.3) is 5.91 Å². The second kappa shape index (κ2) is 8.35. The summed E-state index contributed by atoms with van der Waals surface area (Å²) in [5, 5.41) is 1.04. The molecular weight excluding hydrogens is 457 g/mol. The van der Waals surface area contributed by atoms with Gasteiger partial charge in [0.15, 0.2) is 0 Å². The van der Waals surface area contributed by atoms with Gasteiger partial charge in [0, 0.05) is 46.0 Å². The lowest BCUT2D eigenvalue weighted by molar-refractivity contribution is 0.0643. The van der Waals surface area contributed by atoms with Gasteiger partial charge in [-0.25, -0.2) is 12.7 Å². The number of amides is 1. The summed E-state index contributed by atoms with van der Waals surface area (Å²) in [5.41, 5.74) is 4.89. The molecule has 166 valence electrons. The van der Waals surface area contributed by atoms with Crippen LogP contribution >= 0.6 is 23.2 Å². The number of benzene rings is 1. The van der Waals surface area contributed by atoms with Gasteiger partial charge in [0.2, 0.25) is 10.0 Å². The number of pyridine rings is 1. The zero-order valence-electron chi connectivity index (χ0n) is 17.8. The molecule has 9 heteroatoms. The van der Waals surface area contributed by atoms with Gasteiger partial charge in [-0.2, -0.15) is 0 Å². The Morgan fingerprint density at radius 3 is 2.42 bits per heavy atom. The molecule has 2 aromatic rings. The normalized spacial score (nSPS) is 18.0. The van der Waals surface area contributed by atoms with Crippen molar-refractivity contribution in [3.8, 4) is 11.1 Å². The summed E-state index contributed by atoms with van der Waals surface area (Å²) in [6.07, 6.45) is 3.18. The Kier molecular flexibility index (Phi) is 6.07. The first-order chi connectivity index (χ1) is 14.6.